The number of halogens is 2. The van der Waals surface area contributed by atoms with Gasteiger partial charge in [0.2, 0.25) is 5.91 Å². The van der Waals surface area contributed by atoms with E-state index in [9.17, 15) is 28.0 Å². The van der Waals surface area contributed by atoms with E-state index in [-0.39, 0.29) is 11.3 Å². The van der Waals surface area contributed by atoms with Crippen molar-refractivity contribution in [2.45, 2.75) is 12.5 Å². The second-order valence-corrected chi connectivity index (χ2v) is 8.01. The van der Waals surface area contributed by atoms with Gasteiger partial charge in [0.1, 0.15) is 23.7 Å². The van der Waals surface area contributed by atoms with Gasteiger partial charge in [0.25, 0.3) is 11.8 Å². The van der Waals surface area contributed by atoms with Gasteiger partial charge in [-0.2, -0.15) is 0 Å². The van der Waals surface area contributed by atoms with Crippen LogP contribution in [0.2, 0.25) is 0 Å². The number of nitrogens with one attached hydrogen (secondary N) is 3. The summed E-state index contributed by atoms with van der Waals surface area (Å²) in [6, 6.07) is 15.7. The molecule has 0 saturated carbocycles. The third kappa shape index (κ3) is 4.86. The summed E-state index contributed by atoms with van der Waals surface area (Å²) in [7, 11) is 0. The van der Waals surface area contributed by atoms with Gasteiger partial charge >= 0.3 is 6.03 Å². The van der Waals surface area contributed by atoms with Crippen LogP contribution in [0.1, 0.15) is 22.8 Å². The van der Waals surface area contributed by atoms with Gasteiger partial charge in [-0.05, 0) is 61.0 Å². The molecule has 178 valence electrons. The molecule has 1 saturated heterocycles. The first-order valence-corrected chi connectivity index (χ1v) is 10.5. The first-order valence-electron chi connectivity index (χ1n) is 10.5. The number of hydrogen-bond donors (Lipinski definition) is 3. The number of amides is 5. The fourth-order valence-electron chi connectivity index (χ4n) is 3.67. The van der Waals surface area contributed by atoms with Gasteiger partial charge in [0.05, 0.1) is 11.3 Å². The van der Waals surface area contributed by atoms with E-state index in [1.807, 2.05) is 0 Å². The van der Waals surface area contributed by atoms with Crippen LogP contribution in [-0.2, 0) is 15.1 Å². The molecule has 0 aromatic heterocycles. The molecule has 1 atom stereocenters. The van der Waals surface area contributed by atoms with E-state index >= 15 is 0 Å². The smallest absolute Gasteiger partial charge is 0.324 e. The number of hydrogen-bond acceptors (Lipinski definition) is 4. The monoisotopic (exact) mass is 478 g/mol. The minimum atomic E-state index is -1.46. The molecule has 0 aliphatic carbocycles. The lowest BCUT2D eigenvalue weighted by Gasteiger charge is -2.22. The Bertz CT molecular complexity index is 1310. The Morgan fingerprint density at radius 1 is 0.886 bits per heavy atom. The van der Waals surface area contributed by atoms with E-state index in [0.29, 0.717) is 11.3 Å². The third-order valence-electron chi connectivity index (χ3n) is 5.55. The zero-order chi connectivity index (χ0) is 25.2. The number of urea groups is 1. The number of carbonyl (C=O) groups excluding carboxylic acids is 4. The molecular weight excluding hydrogens is 458 g/mol. The van der Waals surface area contributed by atoms with E-state index in [0.717, 1.165) is 4.90 Å². The van der Waals surface area contributed by atoms with Crippen LogP contribution in [0.15, 0.2) is 72.8 Å². The molecule has 4 rings (SSSR count). The molecule has 3 aromatic rings. The average molecular weight is 478 g/mol. The maximum Gasteiger partial charge on any atom is 0.325 e. The molecule has 0 bridgehead atoms. The summed E-state index contributed by atoms with van der Waals surface area (Å²) in [5, 5.41) is 7.69. The molecule has 3 N–H and O–H groups in total. The topological polar surface area (TPSA) is 108 Å². The highest BCUT2D eigenvalue weighted by Gasteiger charge is 2.49. The zero-order valence-electron chi connectivity index (χ0n) is 18.5. The second-order valence-electron chi connectivity index (χ2n) is 8.01. The summed E-state index contributed by atoms with van der Waals surface area (Å²) in [5.41, 5.74) is -0.457. The zero-order valence-corrected chi connectivity index (χ0v) is 18.5. The first-order chi connectivity index (χ1) is 16.7. The molecular formula is C25H20F2N4O4. The van der Waals surface area contributed by atoms with Gasteiger partial charge < -0.3 is 16.0 Å². The molecule has 1 aliphatic heterocycles. The fourth-order valence-corrected chi connectivity index (χ4v) is 3.67. The first kappa shape index (κ1) is 23.6. The molecule has 10 heteroatoms. The van der Waals surface area contributed by atoms with Crippen LogP contribution in [0.3, 0.4) is 0 Å². The van der Waals surface area contributed by atoms with Crippen molar-refractivity contribution in [2.75, 3.05) is 17.2 Å². The normalized spacial score (nSPS) is 17.2. The van der Waals surface area contributed by atoms with E-state index in [1.54, 1.807) is 12.1 Å². The Labute approximate surface area is 198 Å². The summed E-state index contributed by atoms with van der Waals surface area (Å²) in [6.07, 6.45) is 0. The maximum atomic E-state index is 13.3. The highest BCUT2D eigenvalue weighted by Crippen LogP contribution is 2.29. The number of para-hydroxylation sites is 1. The number of imide groups is 1. The standard InChI is InChI=1S/C25H20F2N4O4/c1-25(15-6-8-16(26)9-7-15)23(34)31(24(35)30-25)14-21(32)29-20-5-3-2-4-19(20)22(33)28-18-12-10-17(27)11-13-18/h2-13H,14H2,1H3,(H,28,33)(H,29,32)(H,30,35)/t25-/m1/s1. The number of carbonyl (C=O) groups is 4. The molecule has 1 aliphatic rings. The molecule has 0 unspecified atom stereocenters. The van der Waals surface area contributed by atoms with Crippen LogP contribution >= 0.6 is 0 Å². The predicted octanol–water partition coefficient (Wildman–Crippen LogP) is 3.62. The SMILES string of the molecule is C[C@]1(c2ccc(F)cc2)NC(=O)N(CC(=O)Nc2ccccc2C(=O)Nc2ccc(F)cc2)C1=O. The van der Waals surface area contributed by atoms with Crippen LogP contribution in [0, 0.1) is 11.6 Å². The lowest BCUT2D eigenvalue weighted by molar-refractivity contribution is -0.133. The predicted molar refractivity (Wildman–Crippen MR) is 123 cm³/mol. The molecule has 0 spiro atoms. The maximum absolute atomic E-state index is 13.3. The van der Waals surface area contributed by atoms with Crippen LogP contribution in [0.25, 0.3) is 0 Å². The summed E-state index contributed by atoms with van der Waals surface area (Å²) in [6.45, 7) is 0.864. The highest BCUT2D eigenvalue weighted by atomic mass is 19.1. The van der Waals surface area contributed by atoms with Crippen molar-refractivity contribution in [2.24, 2.45) is 0 Å². The number of nitrogens with zero attached hydrogens (tertiary/aromatic N) is 1. The molecule has 5 amide bonds. The molecule has 35 heavy (non-hydrogen) atoms. The molecule has 1 heterocycles. The Kier molecular flexibility index (Phi) is 6.28. The van der Waals surface area contributed by atoms with Crippen molar-refractivity contribution in [1.29, 1.82) is 0 Å². The molecule has 3 aromatic carbocycles. The van der Waals surface area contributed by atoms with Gasteiger partial charge in [-0.25, -0.2) is 13.6 Å². The number of rotatable bonds is 6. The summed E-state index contributed by atoms with van der Waals surface area (Å²) in [5.74, 6) is -2.88. The lowest BCUT2D eigenvalue weighted by Crippen LogP contribution is -2.42. The van der Waals surface area contributed by atoms with E-state index in [4.69, 9.17) is 0 Å². The van der Waals surface area contributed by atoms with Crippen LogP contribution < -0.4 is 16.0 Å². The Morgan fingerprint density at radius 3 is 2.14 bits per heavy atom. The van der Waals surface area contributed by atoms with Gasteiger partial charge in [-0.1, -0.05) is 24.3 Å². The van der Waals surface area contributed by atoms with Crippen molar-refractivity contribution >= 4 is 35.1 Å². The number of benzene rings is 3. The largest absolute Gasteiger partial charge is 0.325 e. The minimum Gasteiger partial charge on any atom is -0.324 e. The van der Waals surface area contributed by atoms with Crippen molar-refractivity contribution < 1.29 is 28.0 Å². The highest BCUT2D eigenvalue weighted by molar-refractivity contribution is 6.12. The number of anilines is 2. The minimum absolute atomic E-state index is 0.124. The summed E-state index contributed by atoms with van der Waals surface area (Å²) in [4.78, 5) is 51.6. The van der Waals surface area contributed by atoms with Gasteiger partial charge in [0, 0.05) is 5.69 Å². The van der Waals surface area contributed by atoms with Crippen molar-refractivity contribution in [3.63, 3.8) is 0 Å². The second kappa shape index (κ2) is 9.34. The van der Waals surface area contributed by atoms with Gasteiger partial charge in [-0.15, -0.1) is 0 Å². The van der Waals surface area contributed by atoms with Crippen LogP contribution in [0.4, 0.5) is 25.0 Å². The lowest BCUT2D eigenvalue weighted by atomic mass is 9.92. The summed E-state index contributed by atoms with van der Waals surface area (Å²) >= 11 is 0. The fraction of sp³-hybridized carbons (Fsp3) is 0.120. The Hall–Kier alpha value is -4.60. The van der Waals surface area contributed by atoms with E-state index in [1.165, 1.54) is 67.6 Å². The van der Waals surface area contributed by atoms with E-state index in [2.05, 4.69) is 16.0 Å². The molecule has 0 radical (unpaired) electrons. The van der Waals surface area contributed by atoms with Crippen molar-refractivity contribution in [3.05, 3.63) is 95.6 Å². The molecule has 8 nitrogen and oxygen atoms in total. The summed E-state index contributed by atoms with van der Waals surface area (Å²) < 4.78 is 26.4. The molecule has 1 fully saturated rings. The average Bonchev–Trinajstić information content (AvgIpc) is 3.05. The third-order valence-corrected chi connectivity index (χ3v) is 5.55. The Balaban J connectivity index is 1.46. The van der Waals surface area contributed by atoms with E-state index < -0.39 is 47.5 Å². The van der Waals surface area contributed by atoms with Crippen LogP contribution in [0.5, 0.6) is 0 Å². The van der Waals surface area contributed by atoms with Gasteiger partial charge in [-0.3, -0.25) is 19.3 Å². The van der Waals surface area contributed by atoms with Crippen LogP contribution in [-0.4, -0.2) is 35.2 Å². The quantitative estimate of drug-likeness (QED) is 0.471. The Morgan fingerprint density at radius 2 is 1.49 bits per heavy atom. The van der Waals surface area contributed by atoms with Crippen molar-refractivity contribution in [1.82, 2.24) is 10.2 Å². The van der Waals surface area contributed by atoms with Gasteiger partial charge in [0.15, 0.2) is 0 Å². The van der Waals surface area contributed by atoms with Crippen molar-refractivity contribution in [3.8, 4) is 0 Å².